The molecule has 0 aliphatic carbocycles. The largest absolute Gasteiger partial charge is 0.447 e. The summed E-state index contributed by atoms with van der Waals surface area (Å²) in [4.78, 5) is 13.5. The first kappa shape index (κ1) is 16.7. The number of rotatable bonds is 4. The average molecular weight is 329 g/mol. The van der Waals surface area contributed by atoms with Gasteiger partial charge in [-0.1, -0.05) is 42.5 Å². The molecule has 0 radical (unpaired) electrons. The molecule has 2 atom stereocenters. The minimum atomic E-state index is -0.588. The summed E-state index contributed by atoms with van der Waals surface area (Å²) in [6.45, 7) is 1.49. The number of hydrogen-bond donors (Lipinski definition) is 1. The van der Waals surface area contributed by atoms with Crippen molar-refractivity contribution >= 4 is 16.9 Å². The minimum absolute atomic E-state index is 0.0395. The number of nitrogens with zero attached hydrogens (tertiary/aromatic N) is 1. The van der Waals surface area contributed by atoms with E-state index in [1.165, 1.54) is 10.8 Å². The zero-order valence-corrected chi connectivity index (χ0v) is 13.9. The molecule has 3 rings (SSSR count). The van der Waals surface area contributed by atoms with Gasteiger partial charge in [-0.05, 0) is 22.8 Å². The Morgan fingerprint density at radius 1 is 1.21 bits per heavy atom. The van der Waals surface area contributed by atoms with Crippen molar-refractivity contribution in [2.45, 2.75) is 18.4 Å². The average Bonchev–Trinajstić information content (AvgIpc) is 2.61. The molecule has 2 aromatic rings. The van der Waals surface area contributed by atoms with Crippen LogP contribution in [0.3, 0.4) is 0 Å². The maximum atomic E-state index is 12.0. The van der Waals surface area contributed by atoms with Crippen molar-refractivity contribution in [3.8, 4) is 0 Å². The van der Waals surface area contributed by atoms with Crippen LogP contribution in [0.1, 0.15) is 17.9 Å². The van der Waals surface area contributed by atoms with Gasteiger partial charge in [-0.15, -0.1) is 0 Å². The zero-order valence-electron chi connectivity index (χ0n) is 13.9. The molecular weight excluding hydrogens is 306 g/mol. The van der Waals surface area contributed by atoms with E-state index in [2.05, 4.69) is 30.3 Å². The number of ether oxygens (including phenoxy) is 2. The molecule has 5 nitrogen and oxygen atoms in total. The molecule has 1 saturated heterocycles. The van der Waals surface area contributed by atoms with Gasteiger partial charge in [0.05, 0.1) is 19.3 Å². The molecule has 1 aliphatic heterocycles. The third kappa shape index (κ3) is 3.68. The van der Waals surface area contributed by atoms with E-state index in [0.717, 1.165) is 12.0 Å². The van der Waals surface area contributed by atoms with E-state index in [4.69, 9.17) is 9.47 Å². The van der Waals surface area contributed by atoms with Crippen LogP contribution < -0.4 is 0 Å². The Hall–Kier alpha value is -2.11. The van der Waals surface area contributed by atoms with Crippen molar-refractivity contribution in [1.82, 2.24) is 4.90 Å². The molecule has 2 aromatic carbocycles. The van der Waals surface area contributed by atoms with E-state index in [1.807, 2.05) is 12.1 Å². The van der Waals surface area contributed by atoms with Crippen molar-refractivity contribution in [3.05, 3.63) is 48.0 Å². The van der Waals surface area contributed by atoms with Crippen LogP contribution in [0.5, 0.6) is 0 Å². The fourth-order valence-electron chi connectivity index (χ4n) is 3.23. The van der Waals surface area contributed by atoms with Crippen LogP contribution in [0.2, 0.25) is 0 Å². The number of benzene rings is 2. The molecule has 1 aliphatic rings. The van der Waals surface area contributed by atoms with Crippen LogP contribution in [0.15, 0.2) is 42.5 Å². The number of carbonyl (C=O) groups is 1. The molecule has 0 bridgehead atoms. The Kier molecular flexibility index (Phi) is 5.33. The van der Waals surface area contributed by atoms with E-state index in [1.54, 1.807) is 12.0 Å². The van der Waals surface area contributed by atoms with Gasteiger partial charge in [0, 0.05) is 19.6 Å². The standard InChI is InChI=1S/C19H23NO4/c1-23-10-11-24-19(22)20-9-8-17(18(21)13-20)16-7-6-14-4-2-3-5-15(14)12-16/h2-7,12,17-18,21H,8-11,13H2,1H3/t17-,18+/m1/s1. The van der Waals surface area contributed by atoms with Crippen molar-refractivity contribution in [1.29, 1.82) is 0 Å². The van der Waals surface area contributed by atoms with Gasteiger partial charge in [-0.3, -0.25) is 0 Å². The maximum absolute atomic E-state index is 12.0. The second-order valence-electron chi connectivity index (χ2n) is 6.12. The van der Waals surface area contributed by atoms with E-state index in [0.29, 0.717) is 19.7 Å². The predicted molar refractivity (Wildman–Crippen MR) is 92.1 cm³/mol. The Labute approximate surface area is 141 Å². The van der Waals surface area contributed by atoms with Crippen LogP contribution in [-0.4, -0.2) is 55.6 Å². The lowest BCUT2D eigenvalue weighted by atomic mass is 9.86. The third-order valence-electron chi connectivity index (χ3n) is 4.55. The number of piperidine rings is 1. The van der Waals surface area contributed by atoms with Crippen LogP contribution in [0, 0.1) is 0 Å². The van der Waals surface area contributed by atoms with Crippen LogP contribution >= 0.6 is 0 Å². The van der Waals surface area contributed by atoms with Crippen molar-refractivity contribution in [2.75, 3.05) is 33.4 Å². The van der Waals surface area contributed by atoms with Crippen molar-refractivity contribution in [2.24, 2.45) is 0 Å². The number of aliphatic hydroxyl groups excluding tert-OH is 1. The molecule has 24 heavy (non-hydrogen) atoms. The van der Waals surface area contributed by atoms with E-state index >= 15 is 0 Å². The Morgan fingerprint density at radius 3 is 2.75 bits per heavy atom. The highest BCUT2D eigenvalue weighted by molar-refractivity contribution is 5.83. The fourth-order valence-corrected chi connectivity index (χ4v) is 3.23. The number of carbonyl (C=O) groups excluding carboxylic acids is 1. The maximum Gasteiger partial charge on any atom is 0.409 e. The lowest BCUT2D eigenvalue weighted by Gasteiger charge is -2.35. The first-order valence-electron chi connectivity index (χ1n) is 8.26. The lowest BCUT2D eigenvalue weighted by molar-refractivity contribution is 0.0284. The topological polar surface area (TPSA) is 59.0 Å². The summed E-state index contributed by atoms with van der Waals surface area (Å²) in [6, 6.07) is 14.5. The molecule has 0 saturated carbocycles. The van der Waals surface area contributed by atoms with Gasteiger partial charge in [0.1, 0.15) is 6.61 Å². The highest BCUT2D eigenvalue weighted by Gasteiger charge is 2.31. The monoisotopic (exact) mass is 329 g/mol. The van der Waals surface area contributed by atoms with E-state index < -0.39 is 6.10 Å². The normalized spacial score (nSPS) is 21.0. The first-order valence-corrected chi connectivity index (χ1v) is 8.26. The summed E-state index contributed by atoms with van der Waals surface area (Å²) < 4.78 is 9.99. The van der Waals surface area contributed by atoms with Gasteiger partial charge in [0.15, 0.2) is 0 Å². The molecule has 1 fully saturated rings. The predicted octanol–water partition coefficient (Wildman–Crippen LogP) is 2.77. The zero-order chi connectivity index (χ0) is 16.9. The number of hydrogen-bond acceptors (Lipinski definition) is 4. The first-order chi connectivity index (χ1) is 11.7. The van der Waals surface area contributed by atoms with Crippen LogP contribution in [0.4, 0.5) is 4.79 Å². The molecule has 0 spiro atoms. The number of β-amino-alcohol motifs (C(OH)–C–C–N with tert-alkyl or cyclic N) is 1. The smallest absolute Gasteiger partial charge is 0.409 e. The summed E-state index contributed by atoms with van der Waals surface area (Å²) in [6.07, 6.45) is -0.253. The summed E-state index contributed by atoms with van der Waals surface area (Å²) in [5, 5.41) is 12.9. The van der Waals surface area contributed by atoms with Crippen molar-refractivity contribution in [3.63, 3.8) is 0 Å². The van der Waals surface area contributed by atoms with Gasteiger partial charge in [0.25, 0.3) is 0 Å². The van der Waals surface area contributed by atoms with Crippen LogP contribution in [-0.2, 0) is 9.47 Å². The molecule has 1 N–H and O–H groups in total. The van der Waals surface area contributed by atoms with Crippen LogP contribution in [0.25, 0.3) is 10.8 Å². The number of methoxy groups -OCH3 is 1. The van der Waals surface area contributed by atoms with Gasteiger partial charge < -0.3 is 19.5 Å². The second-order valence-corrected chi connectivity index (χ2v) is 6.12. The summed E-state index contributed by atoms with van der Waals surface area (Å²) in [7, 11) is 1.56. The van der Waals surface area contributed by atoms with Crippen molar-refractivity contribution < 1.29 is 19.4 Å². The molecule has 128 valence electrons. The molecule has 1 heterocycles. The number of likely N-dealkylation sites (tertiary alicyclic amines) is 1. The second kappa shape index (κ2) is 7.64. The van der Waals surface area contributed by atoms with Gasteiger partial charge >= 0.3 is 6.09 Å². The molecule has 0 aromatic heterocycles. The molecule has 1 amide bonds. The van der Waals surface area contributed by atoms with E-state index in [-0.39, 0.29) is 18.6 Å². The highest BCUT2D eigenvalue weighted by atomic mass is 16.6. The Bertz CT molecular complexity index is 703. The van der Waals surface area contributed by atoms with Gasteiger partial charge in [-0.2, -0.15) is 0 Å². The Morgan fingerprint density at radius 2 is 2.00 bits per heavy atom. The van der Waals surface area contributed by atoms with E-state index in [9.17, 15) is 9.90 Å². The SMILES string of the molecule is COCCOC(=O)N1CC[C@H](c2ccc3ccccc3c2)[C@@H](O)C1. The Balaban J connectivity index is 1.65. The number of aliphatic hydroxyl groups is 1. The lowest BCUT2D eigenvalue weighted by Crippen LogP contribution is -2.46. The van der Waals surface area contributed by atoms with Gasteiger partial charge in [-0.25, -0.2) is 4.79 Å². The summed E-state index contributed by atoms with van der Waals surface area (Å²) >= 11 is 0. The quantitative estimate of drug-likeness (QED) is 0.876. The minimum Gasteiger partial charge on any atom is -0.447 e. The molecular formula is C19H23NO4. The summed E-state index contributed by atoms with van der Waals surface area (Å²) in [5.41, 5.74) is 1.12. The highest BCUT2D eigenvalue weighted by Crippen LogP contribution is 2.30. The molecule has 0 unspecified atom stereocenters. The fraction of sp³-hybridized carbons (Fsp3) is 0.421. The number of fused-ring (bicyclic) bond motifs is 1. The van der Waals surface area contributed by atoms with Gasteiger partial charge in [0.2, 0.25) is 0 Å². The summed E-state index contributed by atoms with van der Waals surface area (Å²) in [5.74, 6) is 0.0395. The molecule has 5 heteroatoms. The third-order valence-corrected chi connectivity index (χ3v) is 4.55. The number of amides is 1.